The second-order valence-electron chi connectivity index (χ2n) is 18.9. The van der Waals surface area contributed by atoms with Gasteiger partial charge in [-0.2, -0.15) is 0 Å². The van der Waals surface area contributed by atoms with Crippen molar-refractivity contribution in [2.45, 2.75) is 298 Å². The monoisotopic (exact) mass is 835 g/mol. The first-order chi connectivity index (χ1) is 28.8. The zero-order valence-corrected chi connectivity index (χ0v) is 40.4. The maximum atomic E-state index is 12.8. The van der Waals surface area contributed by atoms with E-state index in [2.05, 4.69) is 34.6 Å². The van der Waals surface area contributed by atoms with Crippen LogP contribution in [0.1, 0.15) is 291 Å². The van der Waals surface area contributed by atoms with Crippen LogP contribution in [0.25, 0.3) is 0 Å². The highest BCUT2D eigenvalue weighted by Crippen LogP contribution is 2.18. The van der Waals surface area contributed by atoms with Crippen LogP contribution in [0.15, 0.2) is 0 Å². The molecule has 0 fully saturated rings. The second kappa shape index (κ2) is 45.9. The zero-order valence-electron chi connectivity index (χ0n) is 40.4. The number of hydrogen-bond acceptors (Lipinski definition) is 6. The Balaban J connectivity index is 4.25. The predicted molar refractivity (Wildman–Crippen MR) is 252 cm³/mol. The lowest BCUT2D eigenvalue weighted by atomic mass is 9.99. The van der Waals surface area contributed by atoms with Gasteiger partial charge in [0.2, 0.25) is 0 Å². The van der Waals surface area contributed by atoms with Crippen molar-refractivity contribution >= 4 is 17.9 Å². The molecule has 0 aromatic rings. The molecule has 0 saturated heterocycles. The van der Waals surface area contributed by atoms with E-state index in [0.717, 1.165) is 69.6 Å². The SMILES string of the molecule is CCCCCCCCCCCCCCCCCCCCC(=O)OC[C@H](COC(=O)CCCCCCCCC(C)C)OC(=O)CCCCCCCCCCCCC(C)CC. The molecule has 350 valence electrons. The fraction of sp³-hybridized carbons (Fsp3) is 0.943. The first-order valence-corrected chi connectivity index (χ1v) is 26.3. The highest BCUT2D eigenvalue weighted by Gasteiger charge is 2.19. The molecule has 0 aliphatic heterocycles. The fourth-order valence-electron chi connectivity index (χ4n) is 7.96. The van der Waals surface area contributed by atoms with Crippen LogP contribution in [-0.2, 0) is 28.6 Å². The molecule has 6 nitrogen and oxygen atoms in total. The van der Waals surface area contributed by atoms with Gasteiger partial charge in [0.05, 0.1) is 0 Å². The zero-order chi connectivity index (χ0) is 43.3. The van der Waals surface area contributed by atoms with Gasteiger partial charge in [-0.15, -0.1) is 0 Å². The summed E-state index contributed by atoms with van der Waals surface area (Å²) in [5.74, 6) is 0.777. The maximum Gasteiger partial charge on any atom is 0.306 e. The van der Waals surface area contributed by atoms with E-state index in [0.29, 0.717) is 19.3 Å². The molecule has 0 aromatic carbocycles. The molecule has 0 amide bonds. The summed E-state index contributed by atoms with van der Waals surface area (Å²) in [6.07, 6.45) is 46.7. The summed E-state index contributed by atoms with van der Waals surface area (Å²) < 4.78 is 16.8. The standard InChI is InChI=1S/C53H102O6/c1-6-8-9-10-11-12-13-14-15-16-17-18-19-20-24-27-33-38-43-51(54)57-46-50(47-58-52(55)44-39-34-30-29-31-36-41-48(3)4)59-53(56)45-40-35-28-25-22-21-23-26-32-37-42-49(5)7-2/h48-50H,6-47H2,1-5H3/t49?,50-/m1/s1. The van der Waals surface area contributed by atoms with Crippen LogP contribution in [0.5, 0.6) is 0 Å². The topological polar surface area (TPSA) is 78.9 Å². The van der Waals surface area contributed by atoms with Crippen LogP contribution in [-0.4, -0.2) is 37.2 Å². The van der Waals surface area contributed by atoms with Crippen molar-refractivity contribution in [3.63, 3.8) is 0 Å². The van der Waals surface area contributed by atoms with Gasteiger partial charge in [-0.3, -0.25) is 14.4 Å². The molecule has 0 aromatic heterocycles. The Hall–Kier alpha value is -1.59. The Kier molecular flexibility index (Phi) is 44.7. The van der Waals surface area contributed by atoms with Crippen LogP contribution < -0.4 is 0 Å². The predicted octanol–water partition coefficient (Wildman–Crippen LogP) is 16.9. The van der Waals surface area contributed by atoms with Crippen LogP contribution in [0.3, 0.4) is 0 Å². The van der Waals surface area contributed by atoms with Gasteiger partial charge in [-0.1, -0.05) is 253 Å². The van der Waals surface area contributed by atoms with Gasteiger partial charge in [0.15, 0.2) is 6.10 Å². The number of carbonyl (C=O) groups is 3. The average molecular weight is 835 g/mol. The van der Waals surface area contributed by atoms with E-state index in [1.807, 2.05) is 0 Å². The van der Waals surface area contributed by atoms with Crippen LogP contribution >= 0.6 is 0 Å². The van der Waals surface area contributed by atoms with Gasteiger partial charge in [0.25, 0.3) is 0 Å². The summed E-state index contributed by atoms with van der Waals surface area (Å²) in [7, 11) is 0. The smallest absolute Gasteiger partial charge is 0.306 e. The Morgan fingerprint density at radius 2 is 0.644 bits per heavy atom. The Morgan fingerprint density at radius 1 is 0.356 bits per heavy atom. The van der Waals surface area contributed by atoms with Crippen molar-refractivity contribution in [2.24, 2.45) is 11.8 Å². The molecule has 0 saturated carbocycles. The molecule has 0 rings (SSSR count). The lowest BCUT2D eigenvalue weighted by Crippen LogP contribution is -2.30. The summed E-state index contributed by atoms with van der Waals surface area (Å²) in [6.45, 7) is 11.3. The van der Waals surface area contributed by atoms with E-state index in [1.54, 1.807) is 0 Å². The molecule has 6 heteroatoms. The molecule has 0 bridgehead atoms. The van der Waals surface area contributed by atoms with E-state index >= 15 is 0 Å². The molecule has 0 spiro atoms. The molecule has 2 atom stereocenters. The van der Waals surface area contributed by atoms with E-state index in [4.69, 9.17) is 14.2 Å². The molecule has 0 N–H and O–H groups in total. The van der Waals surface area contributed by atoms with Gasteiger partial charge in [0.1, 0.15) is 13.2 Å². The minimum atomic E-state index is -0.762. The molecular weight excluding hydrogens is 733 g/mol. The van der Waals surface area contributed by atoms with Crippen molar-refractivity contribution in [3.8, 4) is 0 Å². The summed E-state index contributed by atoms with van der Waals surface area (Å²) in [5.41, 5.74) is 0. The summed E-state index contributed by atoms with van der Waals surface area (Å²) >= 11 is 0. The Bertz CT molecular complexity index is 902. The molecule has 1 unspecified atom stereocenters. The lowest BCUT2D eigenvalue weighted by molar-refractivity contribution is -0.167. The van der Waals surface area contributed by atoms with Gasteiger partial charge < -0.3 is 14.2 Å². The largest absolute Gasteiger partial charge is 0.462 e. The number of unbranched alkanes of at least 4 members (excludes halogenated alkanes) is 31. The summed E-state index contributed by atoms with van der Waals surface area (Å²) in [6, 6.07) is 0. The van der Waals surface area contributed by atoms with Crippen molar-refractivity contribution < 1.29 is 28.6 Å². The highest BCUT2D eigenvalue weighted by molar-refractivity contribution is 5.71. The number of hydrogen-bond donors (Lipinski definition) is 0. The van der Waals surface area contributed by atoms with Gasteiger partial charge >= 0.3 is 17.9 Å². The normalized spacial score (nSPS) is 12.5. The van der Waals surface area contributed by atoms with Gasteiger partial charge in [-0.05, 0) is 31.1 Å². The number of rotatable bonds is 47. The van der Waals surface area contributed by atoms with Crippen LogP contribution in [0, 0.1) is 11.8 Å². The Morgan fingerprint density at radius 3 is 0.966 bits per heavy atom. The number of carbonyl (C=O) groups excluding carboxylic acids is 3. The summed E-state index contributed by atoms with van der Waals surface area (Å²) in [5, 5.41) is 0. The van der Waals surface area contributed by atoms with E-state index in [1.165, 1.54) is 180 Å². The summed E-state index contributed by atoms with van der Waals surface area (Å²) in [4.78, 5) is 37.9. The third-order valence-electron chi connectivity index (χ3n) is 12.3. The van der Waals surface area contributed by atoms with Gasteiger partial charge in [0, 0.05) is 19.3 Å². The van der Waals surface area contributed by atoms with Crippen molar-refractivity contribution in [1.82, 2.24) is 0 Å². The minimum absolute atomic E-state index is 0.0646. The quantitative estimate of drug-likeness (QED) is 0.0345. The Labute approximate surface area is 368 Å². The average Bonchev–Trinajstić information content (AvgIpc) is 3.22. The van der Waals surface area contributed by atoms with Crippen LogP contribution in [0.4, 0.5) is 0 Å². The third kappa shape index (κ3) is 45.8. The third-order valence-corrected chi connectivity index (χ3v) is 12.3. The first kappa shape index (κ1) is 57.4. The second-order valence-corrected chi connectivity index (χ2v) is 18.9. The van der Waals surface area contributed by atoms with Crippen LogP contribution in [0.2, 0.25) is 0 Å². The fourth-order valence-corrected chi connectivity index (χ4v) is 7.96. The maximum absolute atomic E-state index is 12.8. The number of ether oxygens (including phenoxy) is 3. The van der Waals surface area contributed by atoms with E-state index < -0.39 is 6.10 Å². The molecular formula is C53H102O6. The molecule has 0 aliphatic carbocycles. The van der Waals surface area contributed by atoms with Crippen molar-refractivity contribution in [1.29, 1.82) is 0 Å². The minimum Gasteiger partial charge on any atom is -0.462 e. The van der Waals surface area contributed by atoms with E-state index in [9.17, 15) is 14.4 Å². The molecule has 59 heavy (non-hydrogen) atoms. The molecule has 0 heterocycles. The molecule has 0 aliphatic rings. The first-order valence-electron chi connectivity index (χ1n) is 26.3. The molecule has 0 radical (unpaired) electrons. The van der Waals surface area contributed by atoms with Gasteiger partial charge in [-0.25, -0.2) is 0 Å². The number of esters is 3. The van der Waals surface area contributed by atoms with Crippen molar-refractivity contribution in [2.75, 3.05) is 13.2 Å². The van der Waals surface area contributed by atoms with E-state index in [-0.39, 0.29) is 31.1 Å². The van der Waals surface area contributed by atoms with Crippen molar-refractivity contribution in [3.05, 3.63) is 0 Å². The lowest BCUT2D eigenvalue weighted by Gasteiger charge is -2.18. The highest BCUT2D eigenvalue weighted by atomic mass is 16.6.